The lowest BCUT2D eigenvalue weighted by Gasteiger charge is -2.41. The van der Waals surface area contributed by atoms with Crippen LogP contribution in [0.15, 0.2) is 29.6 Å². The molecule has 1 aliphatic heterocycles. The summed E-state index contributed by atoms with van der Waals surface area (Å²) in [4.78, 5) is 20.2. The van der Waals surface area contributed by atoms with Crippen LogP contribution in [0.2, 0.25) is 0 Å². The lowest BCUT2D eigenvalue weighted by atomic mass is 10.1. The number of aliphatic hydroxyl groups excluding tert-OH is 1. The van der Waals surface area contributed by atoms with Gasteiger partial charge in [-0.2, -0.15) is 0 Å². The van der Waals surface area contributed by atoms with Gasteiger partial charge in [-0.1, -0.05) is 29.8 Å². The first kappa shape index (κ1) is 17.8. The smallest absolute Gasteiger partial charge is 0.268 e. The number of aliphatic hydroxyl groups is 1. The molecule has 6 nitrogen and oxygen atoms in total. The number of amides is 1. The predicted molar refractivity (Wildman–Crippen MR) is 99.9 cm³/mol. The van der Waals surface area contributed by atoms with Crippen LogP contribution < -0.4 is 10.6 Å². The van der Waals surface area contributed by atoms with Crippen molar-refractivity contribution in [2.75, 3.05) is 31.1 Å². The van der Waals surface area contributed by atoms with Gasteiger partial charge in [0.1, 0.15) is 5.69 Å². The van der Waals surface area contributed by atoms with Gasteiger partial charge in [-0.25, -0.2) is 4.98 Å². The fraction of sp³-hybridized carbons (Fsp3) is 0.444. The van der Waals surface area contributed by atoms with E-state index in [0.717, 1.165) is 37.7 Å². The third-order valence-corrected chi connectivity index (χ3v) is 5.49. The zero-order valence-electron chi connectivity index (χ0n) is 14.4. The van der Waals surface area contributed by atoms with Crippen molar-refractivity contribution in [2.24, 2.45) is 5.73 Å². The molecule has 134 valence electrons. The fourth-order valence-electron chi connectivity index (χ4n) is 3.15. The van der Waals surface area contributed by atoms with Gasteiger partial charge in [-0.3, -0.25) is 9.69 Å². The molecule has 1 aromatic heterocycles. The molecule has 1 fully saturated rings. The van der Waals surface area contributed by atoms with E-state index in [1.807, 2.05) is 0 Å². The molecule has 1 saturated heterocycles. The molecule has 0 unspecified atom stereocenters. The maximum atomic E-state index is 11.2. The molecule has 1 atom stereocenters. The number of carbonyl (C=O) groups is 1. The number of rotatable bonds is 6. The fourth-order valence-corrected chi connectivity index (χ4v) is 4.00. The number of primary amides is 1. The third kappa shape index (κ3) is 4.36. The summed E-state index contributed by atoms with van der Waals surface area (Å²) in [5, 5.41) is 12.0. The molecule has 0 bridgehead atoms. The summed E-state index contributed by atoms with van der Waals surface area (Å²) in [6.45, 7) is 5.66. The van der Waals surface area contributed by atoms with E-state index in [1.165, 1.54) is 22.5 Å². The van der Waals surface area contributed by atoms with Gasteiger partial charge in [0, 0.05) is 44.2 Å². The Morgan fingerprint density at radius 2 is 2.12 bits per heavy atom. The van der Waals surface area contributed by atoms with Crippen LogP contribution in [0, 0.1) is 6.92 Å². The van der Waals surface area contributed by atoms with Crippen molar-refractivity contribution >= 4 is 22.4 Å². The third-order valence-electron chi connectivity index (χ3n) is 4.59. The highest BCUT2D eigenvalue weighted by molar-refractivity contribution is 7.13. The van der Waals surface area contributed by atoms with Crippen molar-refractivity contribution in [3.8, 4) is 0 Å². The number of carbonyl (C=O) groups excluding carboxylic acids is 1. The number of nitrogens with zero attached hydrogens (tertiary/aromatic N) is 3. The Morgan fingerprint density at radius 1 is 1.36 bits per heavy atom. The van der Waals surface area contributed by atoms with Crippen LogP contribution in [0.25, 0.3) is 0 Å². The van der Waals surface area contributed by atoms with E-state index in [9.17, 15) is 9.90 Å². The summed E-state index contributed by atoms with van der Waals surface area (Å²) < 4.78 is 0. The highest BCUT2D eigenvalue weighted by atomic mass is 32.1. The lowest BCUT2D eigenvalue weighted by Crippen LogP contribution is -2.53. The summed E-state index contributed by atoms with van der Waals surface area (Å²) in [5.74, 6) is -0.493. The van der Waals surface area contributed by atoms with Crippen LogP contribution in [0.3, 0.4) is 0 Å². The average Bonchev–Trinajstić information content (AvgIpc) is 3.09. The van der Waals surface area contributed by atoms with E-state index in [1.54, 1.807) is 5.38 Å². The zero-order valence-corrected chi connectivity index (χ0v) is 15.2. The molecule has 1 amide bonds. The number of aryl methyl sites for hydroxylation is 1. The van der Waals surface area contributed by atoms with Crippen LogP contribution in [0.4, 0.5) is 5.13 Å². The van der Waals surface area contributed by atoms with E-state index in [2.05, 4.69) is 46.0 Å². The minimum absolute atomic E-state index is 0.160. The van der Waals surface area contributed by atoms with Gasteiger partial charge in [-0.15, -0.1) is 11.3 Å². The molecule has 0 radical (unpaired) electrons. The Hall–Kier alpha value is -1.96. The number of benzene rings is 1. The first-order chi connectivity index (χ1) is 12.1. The average molecular weight is 360 g/mol. The second-order valence-electron chi connectivity index (χ2n) is 6.45. The van der Waals surface area contributed by atoms with Crippen molar-refractivity contribution in [2.45, 2.75) is 25.9 Å². The van der Waals surface area contributed by atoms with Gasteiger partial charge < -0.3 is 15.7 Å². The topological polar surface area (TPSA) is 82.7 Å². The zero-order chi connectivity index (χ0) is 17.8. The second-order valence-corrected chi connectivity index (χ2v) is 7.28. The molecule has 0 spiro atoms. The van der Waals surface area contributed by atoms with E-state index in [4.69, 9.17) is 5.73 Å². The van der Waals surface area contributed by atoms with Crippen LogP contribution >= 0.6 is 11.3 Å². The maximum Gasteiger partial charge on any atom is 0.268 e. The number of anilines is 1. The lowest BCUT2D eigenvalue weighted by molar-refractivity contribution is 0.0996. The van der Waals surface area contributed by atoms with Gasteiger partial charge in [0.05, 0.1) is 0 Å². The molecular weight excluding hydrogens is 336 g/mol. The van der Waals surface area contributed by atoms with E-state index in [-0.39, 0.29) is 12.6 Å². The number of hydrogen-bond acceptors (Lipinski definition) is 6. The summed E-state index contributed by atoms with van der Waals surface area (Å²) in [6, 6.07) is 8.84. The van der Waals surface area contributed by atoms with Crippen molar-refractivity contribution in [1.29, 1.82) is 0 Å². The largest absolute Gasteiger partial charge is 0.396 e. The summed E-state index contributed by atoms with van der Waals surface area (Å²) in [5.41, 5.74) is 8.16. The number of piperazine rings is 1. The van der Waals surface area contributed by atoms with Gasteiger partial charge in [0.25, 0.3) is 5.91 Å². The molecule has 2 heterocycles. The van der Waals surface area contributed by atoms with Gasteiger partial charge >= 0.3 is 0 Å². The Balaban J connectivity index is 1.69. The quantitative estimate of drug-likeness (QED) is 0.818. The normalized spacial score (nSPS) is 18.5. The molecule has 25 heavy (non-hydrogen) atoms. The molecule has 2 aromatic rings. The van der Waals surface area contributed by atoms with Crippen molar-refractivity contribution in [3.05, 3.63) is 46.5 Å². The first-order valence-corrected chi connectivity index (χ1v) is 9.35. The molecule has 0 aliphatic carbocycles. The number of hydrogen-bond donors (Lipinski definition) is 2. The standard InChI is InChI=1S/C18H24N4O2S/c1-13-2-4-14(5-3-13)10-21-7-8-22(11-15(21)6-9-23)18-20-16(12-25-18)17(19)24/h2-5,12,15,23H,6-11H2,1H3,(H2,19,24)/t15-/m0/s1. The van der Waals surface area contributed by atoms with Crippen LogP contribution in [-0.2, 0) is 6.54 Å². The molecule has 3 N–H and O–H groups in total. The monoisotopic (exact) mass is 360 g/mol. The molecule has 3 rings (SSSR count). The Morgan fingerprint density at radius 3 is 2.76 bits per heavy atom. The number of aromatic nitrogens is 1. The van der Waals surface area contributed by atoms with Gasteiger partial charge in [0.2, 0.25) is 0 Å². The SMILES string of the molecule is Cc1ccc(CN2CCN(c3nc(C(N)=O)cs3)C[C@@H]2CCO)cc1. The number of thiazole rings is 1. The minimum Gasteiger partial charge on any atom is -0.396 e. The Labute approximate surface area is 151 Å². The van der Waals surface area contributed by atoms with Crippen LogP contribution in [0.1, 0.15) is 28.0 Å². The predicted octanol–water partition coefficient (Wildman–Crippen LogP) is 1.62. The molecule has 7 heteroatoms. The maximum absolute atomic E-state index is 11.2. The van der Waals surface area contributed by atoms with Crippen LogP contribution in [-0.4, -0.2) is 53.2 Å². The summed E-state index contributed by atoms with van der Waals surface area (Å²) in [7, 11) is 0. The Kier molecular flexibility index (Phi) is 5.67. The van der Waals surface area contributed by atoms with Crippen molar-refractivity contribution < 1.29 is 9.90 Å². The molecular formula is C18H24N4O2S. The minimum atomic E-state index is -0.493. The van der Waals surface area contributed by atoms with Crippen LogP contribution in [0.5, 0.6) is 0 Å². The van der Waals surface area contributed by atoms with E-state index >= 15 is 0 Å². The van der Waals surface area contributed by atoms with Gasteiger partial charge in [-0.05, 0) is 18.9 Å². The van der Waals surface area contributed by atoms with E-state index < -0.39 is 5.91 Å². The van der Waals surface area contributed by atoms with Crippen molar-refractivity contribution in [1.82, 2.24) is 9.88 Å². The molecule has 0 saturated carbocycles. The molecule has 1 aliphatic rings. The summed E-state index contributed by atoms with van der Waals surface area (Å²) in [6.07, 6.45) is 0.719. The highest BCUT2D eigenvalue weighted by Crippen LogP contribution is 2.25. The van der Waals surface area contributed by atoms with Crippen molar-refractivity contribution in [3.63, 3.8) is 0 Å². The molecule has 1 aromatic carbocycles. The first-order valence-electron chi connectivity index (χ1n) is 8.47. The van der Waals surface area contributed by atoms with Gasteiger partial charge in [0.15, 0.2) is 5.13 Å². The van der Waals surface area contributed by atoms with E-state index in [0.29, 0.717) is 5.69 Å². The second kappa shape index (κ2) is 7.95. The number of nitrogens with two attached hydrogens (primary N) is 1. The highest BCUT2D eigenvalue weighted by Gasteiger charge is 2.28. The Bertz CT molecular complexity index is 716. The summed E-state index contributed by atoms with van der Waals surface area (Å²) >= 11 is 1.44.